The molecule has 48 heavy (non-hydrogen) atoms. The number of hydrogen-bond donors (Lipinski definition) is 4. The summed E-state index contributed by atoms with van der Waals surface area (Å²) in [5, 5.41) is 24.5. The second-order valence-corrected chi connectivity index (χ2v) is 17.1. The molecule has 0 aliphatic carbocycles. The van der Waals surface area contributed by atoms with Crippen LogP contribution in [-0.2, 0) is 18.4 Å². The van der Waals surface area contributed by atoms with Crippen LogP contribution in [0.3, 0.4) is 0 Å². The first-order valence-electron chi connectivity index (χ1n) is 19.8. The summed E-state index contributed by atoms with van der Waals surface area (Å²) in [4.78, 5) is 23.0. The van der Waals surface area contributed by atoms with E-state index in [9.17, 15) is 24.5 Å². The van der Waals surface area contributed by atoms with Crippen LogP contribution in [0.25, 0.3) is 0 Å². The van der Waals surface area contributed by atoms with Crippen molar-refractivity contribution in [3.8, 4) is 0 Å². The van der Waals surface area contributed by atoms with Crippen LogP contribution in [0.5, 0.6) is 0 Å². The molecule has 0 aliphatic heterocycles. The number of carbonyl (C=O) groups is 1. The van der Waals surface area contributed by atoms with Crippen LogP contribution in [0.4, 0.5) is 0 Å². The second-order valence-electron chi connectivity index (χ2n) is 15.6. The molecule has 0 rings (SSSR count). The van der Waals surface area contributed by atoms with Gasteiger partial charge >= 0.3 is 7.82 Å². The maximum atomic E-state index is 12.8. The average molecular weight is 708 g/mol. The summed E-state index contributed by atoms with van der Waals surface area (Å²) in [7, 11) is 1.44. The molecule has 0 heterocycles. The van der Waals surface area contributed by atoms with Gasteiger partial charge in [-0.1, -0.05) is 156 Å². The van der Waals surface area contributed by atoms with Gasteiger partial charge in [0.2, 0.25) is 5.91 Å². The Bertz CT molecular complexity index is 793. The van der Waals surface area contributed by atoms with E-state index >= 15 is 0 Å². The maximum absolute atomic E-state index is 12.8. The van der Waals surface area contributed by atoms with Gasteiger partial charge in [-0.25, -0.2) is 4.57 Å². The van der Waals surface area contributed by atoms with Crippen molar-refractivity contribution in [3.63, 3.8) is 0 Å². The van der Waals surface area contributed by atoms with Gasteiger partial charge in [-0.05, 0) is 18.8 Å². The number of phosphoric ester groups is 1. The van der Waals surface area contributed by atoms with Gasteiger partial charge < -0.3 is 24.9 Å². The molecule has 9 nitrogen and oxygen atoms in total. The SMILES string of the molecule is CCCCCCCCCCCCCCCC(=O)N[C@@H](COP(=O)(O)OCC[N+](C)(C)C)[C@H](O)[C@H](O)CCCCCCCCCCC(C)C. The molecular formula is C38H80N2O7P+. The van der Waals surface area contributed by atoms with E-state index in [1.807, 2.05) is 21.1 Å². The lowest BCUT2D eigenvalue weighted by Crippen LogP contribution is -2.51. The Morgan fingerprint density at radius 1 is 0.688 bits per heavy atom. The zero-order valence-electron chi connectivity index (χ0n) is 32.3. The molecule has 0 saturated heterocycles. The first-order valence-corrected chi connectivity index (χ1v) is 21.3. The zero-order chi connectivity index (χ0) is 36.1. The van der Waals surface area contributed by atoms with Gasteiger partial charge in [0.15, 0.2) is 0 Å². The number of quaternary nitrogens is 1. The molecule has 0 saturated carbocycles. The summed E-state index contributed by atoms with van der Waals surface area (Å²) in [5.74, 6) is 0.514. The number of likely N-dealkylation sites (N-methyl/N-ethyl adjacent to an activating group) is 1. The Labute approximate surface area is 296 Å². The summed E-state index contributed by atoms with van der Waals surface area (Å²) in [6.07, 6.45) is 24.5. The van der Waals surface area contributed by atoms with Crippen LogP contribution >= 0.6 is 7.82 Å². The highest BCUT2D eigenvalue weighted by molar-refractivity contribution is 7.47. The van der Waals surface area contributed by atoms with Gasteiger partial charge in [0.05, 0.1) is 39.9 Å². The number of nitrogens with zero attached hydrogens (tertiary/aromatic N) is 1. The Balaban J connectivity index is 4.59. The van der Waals surface area contributed by atoms with E-state index in [4.69, 9.17) is 9.05 Å². The number of hydrogen-bond acceptors (Lipinski definition) is 6. The molecule has 4 N–H and O–H groups in total. The van der Waals surface area contributed by atoms with Crippen LogP contribution in [0.15, 0.2) is 0 Å². The highest BCUT2D eigenvalue weighted by Gasteiger charge is 2.31. The predicted molar refractivity (Wildman–Crippen MR) is 200 cm³/mol. The fourth-order valence-corrected chi connectivity index (χ4v) is 6.59. The summed E-state index contributed by atoms with van der Waals surface area (Å²) in [6.45, 7) is 6.88. The normalized spacial score (nSPS) is 15.4. The van der Waals surface area contributed by atoms with Crippen LogP contribution < -0.4 is 5.32 Å². The largest absolute Gasteiger partial charge is 0.472 e. The lowest BCUT2D eigenvalue weighted by Gasteiger charge is -2.28. The monoisotopic (exact) mass is 708 g/mol. The highest BCUT2D eigenvalue weighted by atomic mass is 31.2. The molecule has 0 spiro atoms. The highest BCUT2D eigenvalue weighted by Crippen LogP contribution is 2.43. The van der Waals surface area contributed by atoms with Crippen LogP contribution in [0.1, 0.15) is 175 Å². The summed E-state index contributed by atoms with van der Waals surface area (Å²) < 4.78 is 23.4. The molecule has 288 valence electrons. The van der Waals surface area contributed by atoms with Crippen molar-refractivity contribution < 1.29 is 38.0 Å². The van der Waals surface area contributed by atoms with Crippen molar-refractivity contribution in [1.82, 2.24) is 5.32 Å². The molecule has 10 heteroatoms. The number of rotatable bonds is 35. The van der Waals surface area contributed by atoms with Crippen molar-refractivity contribution in [2.75, 3.05) is 40.9 Å². The topological polar surface area (TPSA) is 125 Å². The lowest BCUT2D eigenvalue weighted by atomic mass is 9.99. The molecule has 1 amide bonds. The van der Waals surface area contributed by atoms with Crippen molar-refractivity contribution in [2.24, 2.45) is 5.92 Å². The minimum absolute atomic E-state index is 0.0243. The van der Waals surface area contributed by atoms with E-state index in [1.165, 1.54) is 103 Å². The van der Waals surface area contributed by atoms with E-state index in [0.29, 0.717) is 23.9 Å². The lowest BCUT2D eigenvalue weighted by molar-refractivity contribution is -0.870. The Hall–Kier alpha value is -0.540. The Morgan fingerprint density at radius 2 is 1.12 bits per heavy atom. The van der Waals surface area contributed by atoms with Gasteiger partial charge in [-0.2, -0.15) is 0 Å². The number of nitrogens with one attached hydrogen (secondary N) is 1. The summed E-state index contributed by atoms with van der Waals surface area (Å²) >= 11 is 0. The fraction of sp³-hybridized carbons (Fsp3) is 0.974. The first kappa shape index (κ1) is 47.5. The van der Waals surface area contributed by atoms with E-state index in [0.717, 1.165) is 44.4 Å². The molecule has 0 aromatic heterocycles. The number of amides is 1. The van der Waals surface area contributed by atoms with Gasteiger partial charge in [0.1, 0.15) is 19.3 Å². The van der Waals surface area contributed by atoms with Crippen molar-refractivity contribution in [3.05, 3.63) is 0 Å². The molecule has 1 unspecified atom stereocenters. The van der Waals surface area contributed by atoms with Crippen LogP contribution in [0.2, 0.25) is 0 Å². The summed E-state index contributed by atoms with van der Waals surface area (Å²) in [5.41, 5.74) is 0. The molecule has 0 aromatic carbocycles. The Morgan fingerprint density at radius 3 is 1.58 bits per heavy atom. The molecule has 0 bridgehead atoms. The van der Waals surface area contributed by atoms with Crippen LogP contribution in [-0.4, -0.2) is 84.6 Å². The van der Waals surface area contributed by atoms with Gasteiger partial charge in [0.25, 0.3) is 0 Å². The van der Waals surface area contributed by atoms with Crippen LogP contribution in [0, 0.1) is 5.92 Å². The third-order valence-electron chi connectivity index (χ3n) is 9.13. The minimum atomic E-state index is -4.40. The minimum Gasteiger partial charge on any atom is -0.390 e. The Kier molecular flexibility index (Phi) is 29.8. The predicted octanol–water partition coefficient (Wildman–Crippen LogP) is 9.07. The van der Waals surface area contributed by atoms with Crippen molar-refractivity contribution in [1.29, 1.82) is 0 Å². The number of aliphatic hydroxyl groups is 2. The zero-order valence-corrected chi connectivity index (χ0v) is 33.2. The molecular weight excluding hydrogens is 627 g/mol. The van der Waals surface area contributed by atoms with E-state index < -0.39 is 32.7 Å². The summed E-state index contributed by atoms with van der Waals surface area (Å²) in [6, 6.07) is -1.03. The molecule has 0 fully saturated rings. The smallest absolute Gasteiger partial charge is 0.390 e. The third kappa shape index (κ3) is 31.4. The van der Waals surface area contributed by atoms with Gasteiger partial charge in [-0.3, -0.25) is 13.8 Å². The van der Waals surface area contributed by atoms with Crippen molar-refractivity contribution >= 4 is 13.7 Å². The standard InChI is InChI=1S/C38H79N2O7P/c1-7-8-9-10-11-12-13-14-15-16-21-24-27-30-37(42)39-35(33-47-48(44,45)46-32-31-40(4,5)6)38(43)36(41)29-26-23-20-18-17-19-22-25-28-34(2)3/h34-36,38,41,43H,7-33H2,1-6H3,(H-,39,42,44,45)/p+1/t35-,36+,38-/m0/s1. The molecule has 0 radical (unpaired) electrons. The van der Waals surface area contributed by atoms with Gasteiger partial charge in [-0.15, -0.1) is 0 Å². The van der Waals surface area contributed by atoms with E-state index in [1.54, 1.807) is 0 Å². The van der Waals surface area contributed by atoms with E-state index in [2.05, 4.69) is 26.1 Å². The van der Waals surface area contributed by atoms with E-state index in [-0.39, 0.29) is 12.5 Å². The molecule has 0 aliphatic rings. The third-order valence-corrected chi connectivity index (χ3v) is 10.1. The average Bonchev–Trinajstić information content (AvgIpc) is 3.01. The second kappa shape index (κ2) is 30.1. The maximum Gasteiger partial charge on any atom is 0.472 e. The fourth-order valence-electron chi connectivity index (χ4n) is 5.86. The number of carbonyl (C=O) groups excluding carboxylic acids is 1. The van der Waals surface area contributed by atoms with Gasteiger partial charge in [0, 0.05) is 6.42 Å². The number of unbranched alkanes of at least 4 members (excludes halogenated alkanes) is 19. The first-order chi connectivity index (χ1) is 22.8. The number of phosphoric acid groups is 1. The molecule has 4 atom stereocenters. The van der Waals surface area contributed by atoms with Crippen molar-refractivity contribution in [2.45, 2.75) is 193 Å². The number of aliphatic hydroxyl groups excluding tert-OH is 2. The molecule has 0 aromatic rings. The quantitative estimate of drug-likeness (QED) is 0.0294.